The monoisotopic (exact) mass is 524 g/mol. The molecule has 7 nitrogen and oxygen atoms in total. The van der Waals surface area contributed by atoms with E-state index in [0.717, 1.165) is 15.3 Å². The van der Waals surface area contributed by atoms with Crippen molar-refractivity contribution in [3.8, 4) is 0 Å². The van der Waals surface area contributed by atoms with Crippen LogP contribution in [0, 0.1) is 5.82 Å². The summed E-state index contributed by atoms with van der Waals surface area (Å²) in [6.07, 6.45) is 0. The number of thiazole rings is 1. The SMILES string of the molecule is CCN(c1ccccc1)S(=O)(=O)c1ccc(C(=O)N2CCN(c3nc4ccc(F)cc4s3)CC2)cc1. The number of amides is 1. The Bertz CT molecular complexity index is 1480. The number of nitrogens with zero attached hydrogens (tertiary/aromatic N) is 4. The summed E-state index contributed by atoms with van der Waals surface area (Å²) in [7, 11) is -3.75. The molecular formula is C26H25FN4O3S2. The number of fused-ring (bicyclic) bond motifs is 1. The number of rotatable bonds is 6. The van der Waals surface area contributed by atoms with Gasteiger partial charge in [-0.25, -0.2) is 17.8 Å². The quantitative estimate of drug-likeness (QED) is 0.368. The molecule has 4 aromatic rings. The van der Waals surface area contributed by atoms with Gasteiger partial charge in [-0.3, -0.25) is 9.10 Å². The van der Waals surface area contributed by atoms with E-state index < -0.39 is 10.0 Å². The zero-order valence-corrected chi connectivity index (χ0v) is 21.3. The van der Waals surface area contributed by atoms with Gasteiger partial charge in [0.15, 0.2) is 5.13 Å². The van der Waals surface area contributed by atoms with Crippen LogP contribution in [0.3, 0.4) is 0 Å². The number of benzene rings is 3. The third kappa shape index (κ3) is 4.66. The van der Waals surface area contributed by atoms with Gasteiger partial charge in [0.1, 0.15) is 5.82 Å². The summed E-state index contributed by atoms with van der Waals surface area (Å²) < 4.78 is 42.0. The molecule has 0 saturated carbocycles. The Morgan fingerprint density at radius 3 is 2.36 bits per heavy atom. The van der Waals surface area contributed by atoms with Gasteiger partial charge in [-0.15, -0.1) is 0 Å². The first kappa shape index (κ1) is 24.2. The number of sulfonamides is 1. The molecule has 0 radical (unpaired) electrons. The van der Waals surface area contributed by atoms with Gasteiger partial charge >= 0.3 is 0 Å². The molecule has 36 heavy (non-hydrogen) atoms. The highest BCUT2D eigenvalue weighted by Gasteiger charge is 2.26. The molecule has 186 valence electrons. The number of hydrogen-bond donors (Lipinski definition) is 0. The van der Waals surface area contributed by atoms with Crippen molar-refractivity contribution in [1.29, 1.82) is 0 Å². The molecule has 2 heterocycles. The minimum atomic E-state index is -3.75. The van der Waals surface area contributed by atoms with Crippen LogP contribution in [0.4, 0.5) is 15.2 Å². The molecule has 0 bridgehead atoms. The third-order valence-electron chi connectivity index (χ3n) is 6.20. The number of piperazine rings is 1. The van der Waals surface area contributed by atoms with Crippen LogP contribution < -0.4 is 9.21 Å². The topological polar surface area (TPSA) is 73.8 Å². The molecule has 0 N–H and O–H groups in total. The van der Waals surface area contributed by atoms with Crippen LogP contribution in [0.2, 0.25) is 0 Å². The van der Waals surface area contributed by atoms with Crippen LogP contribution in [0.25, 0.3) is 10.2 Å². The molecule has 0 aliphatic carbocycles. The average Bonchev–Trinajstić information content (AvgIpc) is 3.32. The Labute approximate surface area is 213 Å². The second-order valence-electron chi connectivity index (χ2n) is 8.42. The Morgan fingerprint density at radius 1 is 1.00 bits per heavy atom. The highest BCUT2D eigenvalue weighted by Crippen LogP contribution is 2.30. The second kappa shape index (κ2) is 9.87. The van der Waals surface area contributed by atoms with Crippen molar-refractivity contribution in [2.45, 2.75) is 11.8 Å². The zero-order chi connectivity index (χ0) is 25.3. The maximum Gasteiger partial charge on any atom is 0.264 e. The standard InChI is InChI=1S/C26H25FN4O3S2/c1-2-31(21-6-4-3-5-7-21)36(33,34)22-11-8-19(9-12-22)25(32)29-14-16-30(17-15-29)26-28-23-13-10-20(27)18-24(23)35-26/h3-13,18H,2,14-17H2,1H3. The van der Waals surface area contributed by atoms with Gasteiger partial charge in [-0.2, -0.15) is 0 Å². The number of anilines is 2. The third-order valence-corrected chi connectivity index (χ3v) is 9.19. The summed E-state index contributed by atoms with van der Waals surface area (Å²) in [5.41, 5.74) is 1.80. The lowest BCUT2D eigenvalue weighted by molar-refractivity contribution is 0.0746. The summed E-state index contributed by atoms with van der Waals surface area (Å²) >= 11 is 1.44. The average molecular weight is 525 g/mol. The fraction of sp³-hybridized carbons (Fsp3) is 0.231. The van der Waals surface area contributed by atoms with Crippen molar-refractivity contribution in [1.82, 2.24) is 9.88 Å². The van der Waals surface area contributed by atoms with Gasteiger partial charge in [0, 0.05) is 38.3 Å². The fourth-order valence-corrected chi connectivity index (χ4v) is 6.80. The van der Waals surface area contributed by atoms with Gasteiger partial charge in [0.05, 0.1) is 20.8 Å². The first-order chi connectivity index (χ1) is 17.4. The predicted octanol–water partition coefficient (Wildman–Crippen LogP) is 4.61. The van der Waals surface area contributed by atoms with Gasteiger partial charge < -0.3 is 9.80 Å². The lowest BCUT2D eigenvalue weighted by Crippen LogP contribution is -2.48. The summed E-state index contributed by atoms with van der Waals surface area (Å²) in [6, 6.07) is 19.6. The predicted molar refractivity (Wildman–Crippen MR) is 141 cm³/mol. The molecule has 1 saturated heterocycles. The molecule has 5 rings (SSSR count). The van der Waals surface area contributed by atoms with Gasteiger partial charge in [0.2, 0.25) is 0 Å². The number of carbonyl (C=O) groups is 1. The molecule has 1 aliphatic rings. The number of aromatic nitrogens is 1. The summed E-state index contributed by atoms with van der Waals surface area (Å²) in [5, 5.41) is 0.816. The largest absolute Gasteiger partial charge is 0.345 e. The van der Waals surface area contributed by atoms with Crippen LogP contribution in [0.15, 0.2) is 77.7 Å². The minimum Gasteiger partial charge on any atom is -0.345 e. The maximum atomic E-state index is 13.5. The highest BCUT2D eigenvalue weighted by molar-refractivity contribution is 7.92. The summed E-state index contributed by atoms with van der Waals surface area (Å²) in [4.78, 5) is 21.7. The van der Waals surface area contributed by atoms with E-state index in [1.807, 2.05) is 6.07 Å². The first-order valence-electron chi connectivity index (χ1n) is 11.6. The minimum absolute atomic E-state index is 0.139. The molecule has 10 heteroatoms. The number of hydrogen-bond acceptors (Lipinski definition) is 6. The van der Waals surface area contributed by atoms with E-state index in [2.05, 4.69) is 9.88 Å². The molecule has 0 atom stereocenters. The number of para-hydroxylation sites is 1. The molecule has 1 aliphatic heterocycles. The van der Waals surface area contributed by atoms with Crippen molar-refractivity contribution in [3.05, 3.63) is 84.2 Å². The second-order valence-corrected chi connectivity index (χ2v) is 11.3. The Kier molecular flexibility index (Phi) is 6.63. The van der Waals surface area contributed by atoms with Crippen LogP contribution in [0.5, 0.6) is 0 Å². The van der Waals surface area contributed by atoms with E-state index in [4.69, 9.17) is 0 Å². The molecule has 1 amide bonds. The van der Waals surface area contributed by atoms with Crippen LogP contribution in [-0.4, -0.2) is 56.9 Å². The molecule has 1 fully saturated rings. The van der Waals surface area contributed by atoms with Crippen molar-refractivity contribution in [2.24, 2.45) is 0 Å². The van der Waals surface area contributed by atoms with Crippen LogP contribution in [0.1, 0.15) is 17.3 Å². The van der Waals surface area contributed by atoms with E-state index >= 15 is 0 Å². The van der Waals surface area contributed by atoms with E-state index in [-0.39, 0.29) is 16.6 Å². The van der Waals surface area contributed by atoms with E-state index in [9.17, 15) is 17.6 Å². The number of carbonyl (C=O) groups excluding carboxylic acids is 1. The highest BCUT2D eigenvalue weighted by atomic mass is 32.2. The van der Waals surface area contributed by atoms with Crippen molar-refractivity contribution >= 4 is 48.3 Å². The normalized spacial score (nSPS) is 14.3. The molecule has 1 aromatic heterocycles. The number of halogens is 1. The zero-order valence-electron chi connectivity index (χ0n) is 19.7. The van der Waals surface area contributed by atoms with Gasteiger partial charge in [-0.1, -0.05) is 29.5 Å². The van der Waals surface area contributed by atoms with E-state index in [1.165, 1.54) is 39.9 Å². The van der Waals surface area contributed by atoms with Crippen molar-refractivity contribution in [3.63, 3.8) is 0 Å². The lowest BCUT2D eigenvalue weighted by Gasteiger charge is -2.34. The fourth-order valence-electron chi connectivity index (χ4n) is 4.29. The van der Waals surface area contributed by atoms with Gasteiger partial charge in [0.25, 0.3) is 15.9 Å². The molecule has 0 spiro atoms. The Hall–Kier alpha value is -3.50. The molecule has 0 unspecified atom stereocenters. The Morgan fingerprint density at radius 2 is 1.69 bits per heavy atom. The van der Waals surface area contributed by atoms with E-state index in [0.29, 0.717) is 44.0 Å². The van der Waals surface area contributed by atoms with Gasteiger partial charge in [-0.05, 0) is 61.5 Å². The van der Waals surface area contributed by atoms with E-state index in [1.54, 1.807) is 54.3 Å². The summed E-state index contributed by atoms with van der Waals surface area (Å²) in [5.74, 6) is -0.422. The molecular weight excluding hydrogens is 499 g/mol. The lowest BCUT2D eigenvalue weighted by atomic mass is 10.2. The van der Waals surface area contributed by atoms with Crippen molar-refractivity contribution < 1.29 is 17.6 Å². The van der Waals surface area contributed by atoms with Crippen molar-refractivity contribution in [2.75, 3.05) is 41.9 Å². The van der Waals surface area contributed by atoms with Crippen LogP contribution >= 0.6 is 11.3 Å². The smallest absolute Gasteiger partial charge is 0.264 e. The summed E-state index contributed by atoms with van der Waals surface area (Å²) in [6.45, 7) is 4.34. The van der Waals surface area contributed by atoms with Crippen LogP contribution in [-0.2, 0) is 10.0 Å². The molecule has 3 aromatic carbocycles. The first-order valence-corrected chi connectivity index (χ1v) is 13.9. The maximum absolute atomic E-state index is 13.5. The Balaban J connectivity index is 1.26.